The molecule has 2 saturated heterocycles. The number of nitrogens with zero attached hydrogens (tertiary/aromatic N) is 6. The molecule has 1 N–H and O–H groups in total. The highest BCUT2D eigenvalue weighted by Crippen LogP contribution is 2.30. The fraction of sp³-hybridized carbons (Fsp3) is 0.323. The molecular formula is C31H32N6O5. The Hall–Kier alpha value is -4.77. The van der Waals surface area contributed by atoms with Gasteiger partial charge in [0.2, 0.25) is 17.2 Å². The number of carbonyl (C=O) groups excluding carboxylic acids is 1. The predicted molar refractivity (Wildman–Crippen MR) is 159 cm³/mol. The average Bonchev–Trinajstić information content (AvgIpc) is 2.96. The molecule has 0 aliphatic carbocycles. The Morgan fingerprint density at radius 3 is 2.57 bits per heavy atom. The topological polar surface area (TPSA) is 121 Å². The zero-order valence-corrected chi connectivity index (χ0v) is 23.5. The maximum atomic E-state index is 13.2. The molecule has 6 rings (SSSR count). The fourth-order valence-corrected chi connectivity index (χ4v) is 5.58. The molecule has 0 spiro atoms. The number of carboxylic acids is 1. The molecule has 42 heavy (non-hydrogen) atoms. The first kappa shape index (κ1) is 27.4. The third kappa shape index (κ3) is 5.18. The molecule has 0 saturated carbocycles. The SMILES string of the molecule is CN(C)C1CN(c2ccc(-n3cc(C(=O)O)c(=O)c4ccc(N5C(=O)CCCC5COc5ccccn5)cc43)cn2)C1. The average molecular weight is 569 g/mol. The van der Waals surface area contributed by atoms with Crippen molar-refractivity contribution in [2.24, 2.45) is 0 Å². The second-order valence-electron chi connectivity index (χ2n) is 10.9. The van der Waals surface area contributed by atoms with Crippen LogP contribution >= 0.6 is 0 Å². The Labute approximate surface area is 242 Å². The lowest BCUT2D eigenvalue weighted by Gasteiger charge is -2.43. The van der Waals surface area contributed by atoms with Crippen molar-refractivity contribution in [2.75, 3.05) is 43.6 Å². The molecular weight excluding hydrogens is 536 g/mol. The summed E-state index contributed by atoms with van der Waals surface area (Å²) in [6.45, 7) is 2.02. The van der Waals surface area contributed by atoms with Crippen molar-refractivity contribution in [3.05, 3.63) is 82.9 Å². The van der Waals surface area contributed by atoms with Crippen LogP contribution in [0.4, 0.5) is 11.5 Å². The number of pyridine rings is 3. The van der Waals surface area contributed by atoms with Crippen molar-refractivity contribution in [3.8, 4) is 11.6 Å². The van der Waals surface area contributed by atoms with E-state index in [-0.39, 0.29) is 29.5 Å². The number of amides is 1. The number of carbonyl (C=O) groups is 2. The molecule has 3 aromatic heterocycles. The van der Waals surface area contributed by atoms with Crippen molar-refractivity contribution in [1.29, 1.82) is 0 Å². The maximum Gasteiger partial charge on any atom is 0.341 e. The van der Waals surface area contributed by atoms with E-state index in [1.54, 1.807) is 46.1 Å². The number of hydrogen-bond donors (Lipinski definition) is 1. The number of likely N-dealkylation sites (N-methyl/N-ethyl adjacent to an activating group) is 1. The number of aromatic carboxylic acids is 1. The van der Waals surface area contributed by atoms with Crippen LogP contribution in [-0.2, 0) is 4.79 Å². The van der Waals surface area contributed by atoms with Gasteiger partial charge in [-0.05, 0) is 63.3 Å². The largest absolute Gasteiger partial charge is 0.477 e. The summed E-state index contributed by atoms with van der Waals surface area (Å²) in [6, 6.07) is 14.5. The first-order valence-electron chi connectivity index (χ1n) is 14.0. The lowest BCUT2D eigenvalue weighted by atomic mass is 10.0. The Kier molecular flexibility index (Phi) is 7.34. The Bertz CT molecular complexity index is 1680. The van der Waals surface area contributed by atoms with Crippen LogP contribution in [0.15, 0.2) is 71.9 Å². The van der Waals surface area contributed by atoms with E-state index in [4.69, 9.17) is 4.74 Å². The summed E-state index contributed by atoms with van der Waals surface area (Å²) in [5, 5.41) is 10.0. The van der Waals surface area contributed by atoms with Gasteiger partial charge in [0.15, 0.2) is 0 Å². The van der Waals surface area contributed by atoms with Gasteiger partial charge in [0, 0.05) is 55.1 Å². The fourth-order valence-electron chi connectivity index (χ4n) is 5.58. The van der Waals surface area contributed by atoms with Gasteiger partial charge in [-0.1, -0.05) is 6.07 Å². The zero-order chi connectivity index (χ0) is 29.4. The van der Waals surface area contributed by atoms with Gasteiger partial charge in [-0.3, -0.25) is 9.59 Å². The minimum absolute atomic E-state index is 0.0390. The molecule has 4 aromatic rings. The highest BCUT2D eigenvalue weighted by atomic mass is 16.5. The van der Waals surface area contributed by atoms with E-state index >= 15 is 0 Å². The Morgan fingerprint density at radius 1 is 1.07 bits per heavy atom. The van der Waals surface area contributed by atoms with Crippen molar-refractivity contribution >= 4 is 34.3 Å². The summed E-state index contributed by atoms with van der Waals surface area (Å²) in [5.41, 5.74) is 0.772. The molecule has 2 aliphatic heterocycles. The van der Waals surface area contributed by atoms with Crippen LogP contribution in [0.25, 0.3) is 16.6 Å². The van der Waals surface area contributed by atoms with E-state index in [1.165, 1.54) is 6.20 Å². The van der Waals surface area contributed by atoms with E-state index in [0.717, 1.165) is 31.7 Å². The Morgan fingerprint density at radius 2 is 1.88 bits per heavy atom. The monoisotopic (exact) mass is 568 g/mol. The number of ether oxygens (including phenoxy) is 1. The summed E-state index contributed by atoms with van der Waals surface area (Å²) >= 11 is 0. The highest BCUT2D eigenvalue weighted by Gasteiger charge is 2.31. The number of anilines is 2. The third-order valence-corrected chi connectivity index (χ3v) is 8.05. The van der Waals surface area contributed by atoms with E-state index in [0.29, 0.717) is 35.2 Å². The molecule has 1 aromatic carbocycles. The summed E-state index contributed by atoms with van der Waals surface area (Å²) in [7, 11) is 4.11. The van der Waals surface area contributed by atoms with Gasteiger partial charge in [-0.15, -0.1) is 0 Å². The van der Waals surface area contributed by atoms with Gasteiger partial charge in [-0.2, -0.15) is 0 Å². The van der Waals surface area contributed by atoms with E-state index in [9.17, 15) is 19.5 Å². The molecule has 11 heteroatoms. The van der Waals surface area contributed by atoms with Crippen LogP contribution in [0, 0.1) is 0 Å². The maximum absolute atomic E-state index is 13.2. The van der Waals surface area contributed by atoms with E-state index in [1.807, 2.05) is 24.3 Å². The molecule has 1 unspecified atom stereocenters. The van der Waals surface area contributed by atoms with E-state index < -0.39 is 11.4 Å². The van der Waals surface area contributed by atoms with Gasteiger partial charge >= 0.3 is 5.97 Å². The lowest BCUT2D eigenvalue weighted by molar-refractivity contribution is -0.120. The minimum Gasteiger partial charge on any atom is -0.477 e. The smallest absolute Gasteiger partial charge is 0.341 e. The van der Waals surface area contributed by atoms with Gasteiger partial charge in [0.1, 0.15) is 18.0 Å². The summed E-state index contributed by atoms with van der Waals surface area (Å²) in [4.78, 5) is 53.3. The number of fused-ring (bicyclic) bond motifs is 1. The predicted octanol–water partition coefficient (Wildman–Crippen LogP) is 3.19. The normalized spacial score (nSPS) is 17.5. The second-order valence-corrected chi connectivity index (χ2v) is 10.9. The molecule has 1 amide bonds. The standard InChI is InChI=1S/C31H32N6O5/c1-34(2)23-16-35(17-23)27-12-10-21(15-33-27)36-18-25(31(40)41)30(39)24-11-9-20(14-26(24)36)37-22(6-5-8-29(37)38)19-42-28-7-3-4-13-32-28/h3-4,7,9-15,18,22-23H,5-6,8,16-17,19H2,1-2H3,(H,40,41). The van der Waals surface area contributed by atoms with Gasteiger partial charge in [0.05, 0.1) is 23.4 Å². The van der Waals surface area contributed by atoms with Crippen LogP contribution in [-0.4, -0.2) is 82.3 Å². The van der Waals surface area contributed by atoms with Crippen LogP contribution in [0.2, 0.25) is 0 Å². The van der Waals surface area contributed by atoms with Crippen LogP contribution in [0.3, 0.4) is 0 Å². The minimum atomic E-state index is -1.31. The number of piperidine rings is 1. The van der Waals surface area contributed by atoms with Crippen molar-refractivity contribution in [2.45, 2.75) is 31.3 Å². The first-order valence-corrected chi connectivity index (χ1v) is 14.0. The molecule has 0 radical (unpaired) electrons. The van der Waals surface area contributed by atoms with Crippen molar-refractivity contribution in [1.82, 2.24) is 19.4 Å². The number of benzene rings is 1. The van der Waals surface area contributed by atoms with Crippen LogP contribution in [0.1, 0.15) is 29.6 Å². The molecule has 0 bridgehead atoms. The molecule has 5 heterocycles. The summed E-state index contributed by atoms with van der Waals surface area (Å²) in [5.74, 6) is -0.0353. The van der Waals surface area contributed by atoms with Gasteiger partial charge < -0.3 is 29.1 Å². The molecule has 2 fully saturated rings. The highest BCUT2D eigenvalue weighted by molar-refractivity contribution is 5.98. The Balaban J connectivity index is 1.37. The second kappa shape index (κ2) is 11.2. The molecule has 11 nitrogen and oxygen atoms in total. The molecule has 1 atom stereocenters. The summed E-state index contributed by atoms with van der Waals surface area (Å²) in [6.07, 6.45) is 6.56. The van der Waals surface area contributed by atoms with Crippen LogP contribution < -0.4 is 20.0 Å². The number of hydrogen-bond acceptors (Lipinski definition) is 8. The number of aromatic nitrogens is 3. The van der Waals surface area contributed by atoms with Gasteiger partial charge in [-0.25, -0.2) is 14.8 Å². The molecule has 216 valence electrons. The van der Waals surface area contributed by atoms with Crippen molar-refractivity contribution < 1.29 is 19.4 Å². The summed E-state index contributed by atoms with van der Waals surface area (Å²) < 4.78 is 7.57. The third-order valence-electron chi connectivity index (χ3n) is 8.05. The lowest BCUT2D eigenvalue weighted by Crippen LogP contribution is -2.57. The van der Waals surface area contributed by atoms with E-state index in [2.05, 4.69) is 33.9 Å². The van der Waals surface area contributed by atoms with Gasteiger partial charge in [0.25, 0.3) is 0 Å². The van der Waals surface area contributed by atoms with Crippen molar-refractivity contribution in [3.63, 3.8) is 0 Å². The first-order chi connectivity index (χ1) is 20.3. The quantitative estimate of drug-likeness (QED) is 0.342. The number of rotatable bonds is 8. The zero-order valence-electron chi connectivity index (χ0n) is 23.5. The number of carboxylic acid groups (broad SMARTS) is 1. The van der Waals surface area contributed by atoms with Crippen LogP contribution in [0.5, 0.6) is 5.88 Å². The molecule has 2 aliphatic rings.